The highest BCUT2D eigenvalue weighted by Crippen LogP contribution is 2.16. The van der Waals surface area contributed by atoms with E-state index in [2.05, 4.69) is 25.7 Å². The van der Waals surface area contributed by atoms with Crippen molar-refractivity contribution in [1.29, 1.82) is 0 Å². The highest BCUT2D eigenvalue weighted by molar-refractivity contribution is 5.83. The quantitative estimate of drug-likeness (QED) is 0.579. The van der Waals surface area contributed by atoms with Crippen molar-refractivity contribution in [3.63, 3.8) is 0 Å². The molecule has 6 heteroatoms. The number of rotatable bonds is 5. The topological polar surface area (TPSA) is 72.3 Å². The van der Waals surface area contributed by atoms with Crippen LogP contribution in [0.1, 0.15) is 5.56 Å². The van der Waals surface area contributed by atoms with Crippen molar-refractivity contribution in [3.05, 3.63) is 66.4 Å². The fourth-order valence-corrected chi connectivity index (χ4v) is 2.03. The molecule has 1 aromatic heterocycles. The van der Waals surface area contributed by atoms with Crippen LogP contribution < -0.4 is 10.2 Å². The number of aromatic nitrogens is 3. The molecule has 1 heterocycles. The highest BCUT2D eigenvalue weighted by atomic mass is 16.5. The fraction of sp³-hybridized carbons (Fsp3) is 0.0588. The number of methoxy groups -OCH3 is 1. The second kappa shape index (κ2) is 7.13. The lowest BCUT2D eigenvalue weighted by atomic mass is 10.2. The van der Waals surface area contributed by atoms with Crippen LogP contribution >= 0.6 is 0 Å². The van der Waals surface area contributed by atoms with Crippen molar-refractivity contribution >= 4 is 12.2 Å². The number of para-hydroxylation sites is 1. The third-order valence-corrected chi connectivity index (χ3v) is 3.14. The van der Waals surface area contributed by atoms with Crippen LogP contribution in [0.15, 0.2) is 65.9 Å². The van der Waals surface area contributed by atoms with Crippen molar-refractivity contribution in [1.82, 2.24) is 15.2 Å². The van der Waals surface area contributed by atoms with Crippen LogP contribution in [0.2, 0.25) is 0 Å². The predicted octanol–water partition coefficient (Wildman–Crippen LogP) is 2.99. The molecule has 0 saturated carbocycles. The van der Waals surface area contributed by atoms with Gasteiger partial charge >= 0.3 is 0 Å². The van der Waals surface area contributed by atoms with Gasteiger partial charge in [-0.2, -0.15) is 10.2 Å². The molecule has 23 heavy (non-hydrogen) atoms. The van der Waals surface area contributed by atoms with Crippen molar-refractivity contribution < 1.29 is 4.74 Å². The maximum Gasteiger partial charge on any atom is 0.263 e. The first kappa shape index (κ1) is 14.6. The minimum atomic E-state index is 0.331. The summed E-state index contributed by atoms with van der Waals surface area (Å²) < 4.78 is 5.26. The fourth-order valence-electron chi connectivity index (χ4n) is 2.03. The van der Waals surface area contributed by atoms with Gasteiger partial charge in [-0.1, -0.05) is 42.5 Å². The molecule has 0 bridgehead atoms. The highest BCUT2D eigenvalue weighted by Gasteiger charge is 2.02. The summed E-state index contributed by atoms with van der Waals surface area (Å²) in [7, 11) is 1.62. The van der Waals surface area contributed by atoms with Crippen molar-refractivity contribution in [3.8, 4) is 17.0 Å². The molecule has 0 aliphatic heterocycles. The molecule has 0 amide bonds. The molecule has 0 atom stereocenters. The first-order valence-electron chi connectivity index (χ1n) is 7.04. The molecule has 0 saturated heterocycles. The zero-order valence-corrected chi connectivity index (χ0v) is 12.5. The van der Waals surface area contributed by atoms with E-state index >= 15 is 0 Å². The second-order valence-corrected chi connectivity index (χ2v) is 4.64. The molecule has 114 valence electrons. The maximum absolute atomic E-state index is 5.26. The van der Waals surface area contributed by atoms with Crippen LogP contribution in [0.5, 0.6) is 5.75 Å². The van der Waals surface area contributed by atoms with E-state index in [1.54, 1.807) is 19.5 Å². The lowest BCUT2D eigenvalue weighted by molar-refractivity contribution is 0.414. The van der Waals surface area contributed by atoms with Gasteiger partial charge in [0.05, 0.1) is 25.2 Å². The van der Waals surface area contributed by atoms with Gasteiger partial charge in [0.1, 0.15) is 5.75 Å². The summed E-state index contributed by atoms with van der Waals surface area (Å²) in [5, 5.41) is 12.0. The Morgan fingerprint density at radius 2 is 1.83 bits per heavy atom. The minimum Gasteiger partial charge on any atom is -0.496 e. The minimum absolute atomic E-state index is 0.331. The molecule has 0 aliphatic carbocycles. The normalized spacial score (nSPS) is 10.7. The van der Waals surface area contributed by atoms with E-state index < -0.39 is 0 Å². The average molecular weight is 305 g/mol. The Labute approximate surface area is 133 Å². The number of ether oxygens (including phenoxy) is 1. The Bertz CT molecular complexity index is 805. The first-order valence-corrected chi connectivity index (χ1v) is 7.04. The smallest absolute Gasteiger partial charge is 0.263 e. The average Bonchev–Trinajstić information content (AvgIpc) is 2.63. The van der Waals surface area contributed by atoms with Crippen molar-refractivity contribution in [2.24, 2.45) is 5.10 Å². The van der Waals surface area contributed by atoms with Crippen LogP contribution in [-0.4, -0.2) is 28.5 Å². The molecule has 0 fully saturated rings. The lowest BCUT2D eigenvalue weighted by Crippen LogP contribution is -2.00. The SMILES string of the molecule is COc1ccccc1C=NNc1nncc(-c2ccccc2)n1. The monoisotopic (exact) mass is 305 g/mol. The number of anilines is 1. The molecule has 0 unspecified atom stereocenters. The summed E-state index contributed by atoms with van der Waals surface area (Å²) in [6, 6.07) is 17.4. The van der Waals surface area contributed by atoms with E-state index in [1.807, 2.05) is 54.6 Å². The van der Waals surface area contributed by atoms with Crippen LogP contribution in [0.25, 0.3) is 11.3 Å². The summed E-state index contributed by atoms with van der Waals surface area (Å²) in [4.78, 5) is 4.39. The summed E-state index contributed by atoms with van der Waals surface area (Å²) in [5.74, 6) is 1.08. The van der Waals surface area contributed by atoms with Crippen LogP contribution in [-0.2, 0) is 0 Å². The molecule has 0 radical (unpaired) electrons. The van der Waals surface area contributed by atoms with Gasteiger partial charge in [0.2, 0.25) is 0 Å². The van der Waals surface area contributed by atoms with Gasteiger partial charge in [0, 0.05) is 11.1 Å². The molecule has 3 aromatic rings. The van der Waals surface area contributed by atoms with Gasteiger partial charge < -0.3 is 4.74 Å². The summed E-state index contributed by atoms with van der Waals surface area (Å²) in [6.45, 7) is 0. The summed E-state index contributed by atoms with van der Waals surface area (Å²) >= 11 is 0. The Morgan fingerprint density at radius 3 is 2.65 bits per heavy atom. The number of nitrogens with zero attached hydrogens (tertiary/aromatic N) is 4. The van der Waals surface area contributed by atoms with Crippen LogP contribution in [0.4, 0.5) is 5.95 Å². The van der Waals surface area contributed by atoms with Crippen molar-refractivity contribution in [2.75, 3.05) is 12.5 Å². The van der Waals surface area contributed by atoms with E-state index in [0.717, 1.165) is 22.6 Å². The number of hydrogen-bond donors (Lipinski definition) is 1. The molecule has 0 aliphatic rings. The number of hydrogen-bond acceptors (Lipinski definition) is 6. The molecule has 3 rings (SSSR count). The molecular weight excluding hydrogens is 290 g/mol. The Balaban J connectivity index is 1.75. The van der Waals surface area contributed by atoms with E-state index in [1.165, 1.54) is 0 Å². The van der Waals surface area contributed by atoms with E-state index in [-0.39, 0.29) is 0 Å². The van der Waals surface area contributed by atoms with Crippen LogP contribution in [0, 0.1) is 0 Å². The lowest BCUT2D eigenvalue weighted by Gasteiger charge is -2.04. The van der Waals surface area contributed by atoms with E-state index in [0.29, 0.717) is 5.95 Å². The number of hydrazone groups is 1. The van der Waals surface area contributed by atoms with Gasteiger partial charge in [-0.3, -0.25) is 0 Å². The second-order valence-electron chi connectivity index (χ2n) is 4.64. The van der Waals surface area contributed by atoms with Gasteiger partial charge in [-0.15, -0.1) is 5.10 Å². The predicted molar refractivity (Wildman–Crippen MR) is 89.5 cm³/mol. The maximum atomic E-state index is 5.26. The number of benzene rings is 2. The van der Waals surface area contributed by atoms with E-state index in [4.69, 9.17) is 4.74 Å². The molecule has 0 spiro atoms. The summed E-state index contributed by atoms with van der Waals surface area (Å²) in [6.07, 6.45) is 3.27. The molecule has 6 nitrogen and oxygen atoms in total. The van der Waals surface area contributed by atoms with Crippen molar-refractivity contribution in [2.45, 2.75) is 0 Å². The zero-order chi connectivity index (χ0) is 15.9. The molecular formula is C17H15N5O. The van der Waals surface area contributed by atoms with Gasteiger partial charge in [0.25, 0.3) is 5.95 Å². The van der Waals surface area contributed by atoms with Gasteiger partial charge in [-0.25, -0.2) is 10.4 Å². The first-order chi connectivity index (χ1) is 11.4. The molecule has 2 aromatic carbocycles. The Morgan fingerprint density at radius 1 is 1.04 bits per heavy atom. The van der Waals surface area contributed by atoms with Crippen LogP contribution in [0.3, 0.4) is 0 Å². The summed E-state index contributed by atoms with van der Waals surface area (Å²) in [5.41, 5.74) is 5.34. The number of nitrogens with one attached hydrogen (secondary N) is 1. The zero-order valence-electron chi connectivity index (χ0n) is 12.5. The standard InChI is InChI=1S/C17H15N5O/c1-23-16-10-6-5-9-14(16)11-18-21-17-20-15(12-19-22-17)13-7-3-2-4-8-13/h2-12H,1H3,(H,20,21,22). The van der Waals surface area contributed by atoms with Gasteiger partial charge in [-0.05, 0) is 12.1 Å². The molecule has 1 N–H and O–H groups in total. The Hall–Kier alpha value is -3.28. The van der Waals surface area contributed by atoms with Gasteiger partial charge in [0.15, 0.2) is 0 Å². The third kappa shape index (κ3) is 3.68. The largest absolute Gasteiger partial charge is 0.496 e. The third-order valence-electron chi connectivity index (χ3n) is 3.14. The Kier molecular flexibility index (Phi) is 4.54. The van der Waals surface area contributed by atoms with E-state index in [9.17, 15) is 0 Å².